The third kappa shape index (κ3) is 6.87. The maximum atomic E-state index is 12.7. The fourth-order valence-electron chi connectivity index (χ4n) is 3.13. The van der Waals surface area contributed by atoms with Crippen molar-refractivity contribution in [3.63, 3.8) is 0 Å². The molecule has 0 radical (unpaired) electrons. The monoisotopic (exact) mass is 471 g/mol. The van der Waals surface area contributed by atoms with Gasteiger partial charge in [-0.1, -0.05) is 54.1 Å². The van der Waals surface area contributed by atoms with E-state index in [9.17, 15) is 14.7 Å². The molecule has 9 nitrogen and oxygen atoms in total. The van der Waals surface area contributed by atoms with Gasteiger partial charge >= 0.3 is 6.03 Å². The lowest BCUT2D eigenvalue weighted by molar-refractivity contribution is -0.114. The van der Waals surface area contributed by atoms with Gasteiger partial charge in [-0.3, -0.25) is 9.63 Å². The van der Waals surface area contributed by atoms with Gasteiger partial charge in [0.05, 0.1) is 13.2 Å². The predicted octanol–water partition coefficient (Wildman–Crippen LogP) is 2.31. The Morgan fingerprint density at radius 1 is 1.21 bits per heavy atom. The number of rotatable bonds is 11. The molecule has 1 aromatic heterocycles. The van der Waals surface area contributed by atoms with E-state index < -0.39 is 12.1 Å². The highest BCUT2D eigenvalue weighted by molar-refractivity contribution is 6.31. The first-order valence-electron chi connectivity index (χ1n) is 10.4. The van der Waals surface area contributed by atoms with Crippen LogP contribution in [0.15, 0.2) is 60.8 Å². The fourth-order valence-corrected chi connectivity index (χ4v) is 3.34. The van der Waals surface area contributed by atoms with E-state index in [1.807, 2.05) is 36.4 Å². The van der Waals surface area contributed by atoms with Gasteiger partial charge in [0.25, 0.3) is 0 Å². The molecular weight excluding hydrogens is 446 g/mol. The van der Waals surface area contributed by atoms with Crippen LogP contribution < -0.4 is 16.1 Å². The normalized spacial score (nSPS) is 11.7. The Balaban J connectivity index is 1.60. The number of hydrogen-bond donors (Lipinski definition) is 3. The molecule has 3 aromatic rings. The summed E-state index contributed by atoms with van der Waals surface area (Å²) in [6.45, 7) is 0.177. The lowest BCUT2D eigenvalue weighted by atomic mass is 10.2. The minimum absolute atomic E-state index is 0.00487. The van der Waals surface area contributed by atoms with Crippen molar-refractivity contribution < 1.29 is 19.5 Å². The van der Waals surface area contributed by atoms with Crippen LogP contribution in [0.4, 0.5) is 10.6 Å². The molecule has 1 heterocycles. The van der Waals surface area contributed by atoms with E-state index in [4.69, 9.17) is 22.2 Å². The SMILES string of the molecule is N[C@@H](CO)CN(CCON(C=O)c1cc2ccccc2cn1)C(=O)NCc1ccccc1Cl. The zero-order valence-corrected chi connectivity index (χ0v) is 18.7. The minimum atomic E-state index is -0.625. The topological polar surface area (TPSA) is 121 Å². The Morgan fingerprint density at radius 2 is 1.94 bits per heavy atom. The molecule has 0 bridgehead atoms. The molecule has 1 atom stereocenters. The van der Waals surface area contributed by atoms with Gasteiger partial charge in [0.15, 0.2) is 5.82 Å². The van der Waals surface area contributed by atoms with Crippen LogP contribution in [-0.4, -0.2) is 59.8 Å². The Labute approximate surface area is 196 Å². The lowest BCUT2D eigenvalue weighted by Crippen LogP contribution is -2.48. The molecule has 10 heteroatoms. The summed E-state index contributed by atoms with van der Waals surface area (Å²) in [5.41, 5.74) is 6.60. The third-order valence-electron chi connectivity index (χ3n) is 4.89. The number of nitrogens with two attached hydrogens (primary N) is 1. The van der Waals surface area contributed by atoms with E-state index in [0.29, 0.717) is 17.3 Å². The lowest BCUT2D eigenvalue weighted by Gasteiger charge is -2.26. The molecule has 3 amide bonds. The van der Waals surface area contributed by atoms with Gasteiger partial charge in [0.2, 0.25) is 6.41 Å². The molecule has 0 saturated heterocycles. The average Bonchev–Trinajstić information content (AvgIpc) is 2.84. The number of nitrogens with zero attached hydrogens (tertiary/aromatic N) is 3. The first-order valence-corrected chi connectivity index (χ1v) is 10.7. The van der Waals surface area contributed by atoms with E-state index in [1.165, 1.54) is 4.90 Å². The van der Waals surface area contributed by atoms with Gasteiger partial charge in [-0.25, -0.2) is 9.78 Å². The number of aliphatic hydroxyl groups is 1. The molecule has 0 fully saturated rings. The Morgan fingerprint density at radius 3 is 2.67 bits per heavy atom. The van der Waals surface area contributed by atoms with Crippen molar-refractivity contribution in [2.75, 3.05) is 31.4 Å². The van der Waals surface area contributed by atoms with Crippen molar-refractivity contribution in [3.05, 3.63) is 71.4 Å². The minimum Gasteiger partial charge on any atom is -0.395 e. The second-order valence-corrected chi connectivity index (χ2v) is 7.70. The summed E-state index contributed by atoms with van der Waals surface area (Å²) in [5.74, 6) is 0.325. The number of hydrogen-bond acceptors (Lipinski definition) is 6. The second kappa shape index (κ2) is 12.1. The number of fused-ring (bicyclic) bond motifs is 1. The average molecular weight is 472 g/mol. The Hall–Kier alpha value is -3.24. The molecule has 4 N–H and O–H groups in total. The summed E-state index contributed by atoms with van der Waals surface area (Å²) in [6, 6.07) is 15.5. The van der Waals surface area contributed by atoms with E-state index in [0.717, 1.165) is 21.4 Å². The van der Waals surface area contributed by atoms with Gasteiger partial charge in [-0.2, -0.15) is 5.06 Å². The highest BCUT2D eigenvalue weighted by atomic mass is 35.5. The van der Waals surface area contributed by atoms with Gasteiger partial charge in [-0.15, -0.1) is 0 Å². The first-order chi connectivity index (χ1) is 16.0. The number of halogens is 1. The zero-order chi connectivity index (χ0) is 23.6. The van der Waals surface area contributed by atoms with E-state index >= 15 is 0 Å². The van der Waals surface area contributed by atoms with Crippen LogP contribution in [0.5, 0.6) is 0 Å². The summed E-state index contributed by atoms with van der Waals surface area (Å²) >= 11 is 6.14. The van der Waals surface area contributed by atoms with Crippen LogP contribution in [-0.2, 0) is 16.2 Å². The number of carbonyl (C=O) groups excluding carboxylic acids is 2. The summed E-state index contributed by atoms with van der Waals surface area (Å²) in [4.78, 5) is 35.5. The van der Waals surface area contributed by atoms with Crippen LogP contribution in [0, 0.1) is 0 Å². The molecular formula is C23H26ClN5O4. The summed E-state index contributed by atoms with van der Waals surface area (Å²) in [6.07, 6.45) is 2.16. The van der Waals surface area contributed by atoms with Crippen LogP contribution in [0.2, 0.25) is 5.02 Å². The number of aromatic nitrogens is 1. The highest BCUT2D eigenvalue weighted by Crippen LogP contribution is 2.19. The molecule has 0 spiro atoms. The van der Waals surface area contributed by atoms with Crippen molar-refractivity contribution in [2.24, 2.45) is 5.73 Å². The fraction of sp³-hybridized carbons (Fsp3) is 0.261. The zero-order valence-electron chi connectivity index (χ0n) is 17.9. The summed E-state index contributed by atoms with van der Waals surface area (Å²) in [5, 5.41) is 15.5. The number of amides is 3. The Kier molecular flexibility index (Phi) is 8.96. The van der Waals surface area contributed by atoms with Crippen molar-refractivity contribution in [1.82, 2.24) is 15.2 Å². The number of aliphatic hydroxyl groups excluding tert-OH is 1. The second-order valence-electron chi connectivity index (χ2n) is 7.29. The van der Waals surface area contributed by atoms with E-state index in [2.05, 4.69) is 10.3 Å². The number of pyridine rings is 1. The van der Waals surface area contributed by atoms with E-state index in [-0.39, 0.29) is 32.8 Å². The van der Waals surface area contributed by atoms with Gasteiger partial charge < -0.3 is 21.1 Å². The Bertz CT molecular complexity index is 1080. The van der Waals surface area contributed by atoms with Crippen molar-refractivity contribution in [2.45, 2.75) is 12.6 Å². The maximum absolute atomic E-state index is 12.7. The van der Waals surface area contributed by atoms with Crippen LogP contribution in [0.25, 0.3) is 10.8 Å². The number of nitrogens with one attached hydrogen (secondary N) is 1. The van der Waals surface area contributed by atoms with Crippen LogP contribution in [0.3, 0.4) is 0 Å². The summed E-state index contributed by atoms with van der Waals surface area (Å²) < 4.78 is 0. The first kappa shape index (κ1) is 24.4. The largest absolute Gasteiger partial charge is 0.395 e. The predicted molar refractivity (Wildman–Crippen MR) is 127 cm³/mol. The van der Waals surface area contributed by atoms with Crippen molar-refractivity contribution in [3.8, 4) is 0 Å². The van der Waals surface area contributed by atoms with Crippen LogP contribution in [0.1, 0.15) is 5.56 Å². The molecule has 0 saturated carbocycles. The maximum Gasteiger partial charge on any atom is 0.317 e. The number of urea groups is 1. The van der Waals surface area contributed by atoms with Gasteiger partial charge in [-0.05, 0) is 23.1 Å². The number of carbonyl (C=O) groups is 2. The standard InChI is InChI=1S/C23H26ClN5O4/c24-21-8-4-3-7-19(21)13-27-23(32)28(14-20(25)15-30)9-10-33-29(16-31)22-11-17-5-1-2-6-18(17)12-26-22/h1-8,11-12,16,20,30H,9-10,13-15,25H2,(H,27,32)/t20-/m1/s1. The molecule has 0 aliphatic carbocycles. The van der Waals surface area contributed by atoms with Gasteiger partial charge in [0, 0.05) is 42.3 Å². The molecule has 33 heavy (non-hydrogen) atoms. The van der Waals surface area contributed by atoms with Crippen LogP contribution >= 0.6 is 11.6 Å². The molecule has 174 valence electrons. The number of hydroxylamine groups is 1. The smallest absolute Gasteiger partial charge is 0.317 e. The van der Waals surface area contributed by atoms with Crippen molar-refractivity contribution in [1.29, 1.82) is 0 Å². The molecule has 2 aromatic carbocycles. The highest BCUT2D eigenvalue weighted by Gasteiger charge is 2.18. The summed E-state index contributed by atoms with van der Waals surface area (Å²) in [7, 11) is 0. The van der Waals surface area contributed by atoms with E-state index in [1.54, 1.807) is 24.4 Å². The molecule has 0 aliphatic heterocycles. The molecule has 0 unspecified atom stereocenters. The third-order valence-corrected chi connectivity index (χ3v) is 5.26. The van der Waals surface area contributed by atoms with Crippen molar-refractivity contribution >= 4 is 40.6 Å². The quantitative estimate of drug-likeness (QED) is 0.291. The molecule has 0 aliphatic rings. The number of anilines is 1. The number of benzene rings is 2. The van der Waals surface area contributed by atoms with Gasteiger partial charge in [0.1, 0.15) is 0 Å². The molecule has 3 rings (SSSR count).